The van der Waals surface area contributed by atoms with Gasteiger partial charge in [-0.05, 0) is 72.4 Å². The summed E-state index contributed by atoms with van der Waals surface area (Å²) < 4.78 is 22.6. The van der Waals surface area contributed by atoms with Crippen molar-refractivity contribution < 1.29 is 14.1 Å². The van der Waals surface area contributed by atoms with E-state index in [9.17, 15) is 9.35 Å². The van der Waals surface area contributed by atoms with Gasteiger partial charge < -0.3 is 14.2 Å². The lowest BCUT2D eigenvalue weighted by Crippen LogP contribution is -2.47. The van der Waals surface area contributed by atoms with E-state index < -0.39 is 21.7 Å². The smallest absolute Gasteiger partial charge is 0.410 e. The maximum absolute atomic E-state index is 12.8. The van der Waals surface area contributed by atoms with Gasteiger partial charge in [0.1, 0.15) is 27.4 Å². The zero-order chi connectivity index (χ0) is 20.7. The highest BCUT2D eigenvalue weighted by atomic mass is 32.2. The summed E-state index contributed by atoms with van der Waals surface area (Å²) in [4.78, 5) is 18.8. The minimum absolute atomic E-state index is 0.212. The molecule has 0 radical (unpaired) electrons. The van der Waals surface area contributed by atoms with Gasteiger partial charge in [0, 0.05) is 24.7 Å². The van der Waals surface area contributed by atoms with Crippen molar-refractivity contribution in [2.45, 2.75) is 71.2 Å². The molecule has 3 rings (SSSR count). The molecule has 1 saturated heterocycles. The van der Waals surface area contributed by atoms with Gasteiger partial charge in [-0.15, -0.1) is 0 Å². The van der Waals surface area contributed by atoms with Gasteiger partial charge >= 0.3 is 6.09 Å². The standard InChI is InChI=1S/C21H31N3O3S/c1-19(2,3)27-18(25)24-12-9-21(10-13-24)14-15-8-7-11-22-16(15)17(21)23-28(26)20(4,5)6/h7-8,11H,9-10,12-14H2,1-6H3. The predicted octanol–water partition coefficient (Wildman–Crippen LogP) is 3.91. The molecule has 1 aromatic rings. The van der Waals surface area contributed by atoms with Gasteiger partial charge in [-0.25, -0.2) is 4.79 Å². The van der Waals surface area contributed by atoms with Crippen molar-refractivity contribution in [1.29, 1.82) is 0 Å². The SMILES string of the molecule is CC(C)(C)OC(=O)N1CCC2(CC1)Cc1cccnc1C2=N[S+]([O-])C(C)(C)C. The van der Waals surface area contributed by atoms with Crippen LogP contribution in [0.2, 0.25) is 0 Å². The van der Waals surface area contributed by atoms with E-state index in [-0.39, 0.29) is 11.5 Å². The van der Waals surface area contributed by atoms with Crippen molar-refractivity contribution in [1.82, 2.24) is 9.88 Å². The van der Waals surface area contributed by atoms with Crippen LogP contribution in [0.4, 0.5) is 4.79 Å². The number of ether oxygens (including phenoxy) is 1. The zero-order valence-corrected chi connectivity index (χ0v) is 18.6. The lowest BCUT2D eigenvalue weighted by molar-refractivity contribution is 0.0159. The number of carbonyl (C=O) groups excluding carboxylic acids is 1. The Labute approximate surface area is 171 Å². The number of rotatable bonds is 1. The average molecular weight is 406 g/mol. The summed E-state index contributed by atoms with van der Waals surface area (Å²) in [5.41, 5.74) is 2.15. The van der Waals surface area contributed by atoms with E-state index in [0.29, 0.717) is 13.1 Å². The molecular formula is C21H31N3O3S. The second kappa shape index (κ2) is 7.34. The van der Waals surface area contributed by atoms with E-state index in [1.165, 1.54) is 0 Å². The van der Waals surface area contributed by atoms with Crippen molar-refractivity contribution in [2.75, 3.05) is 13.1 Å². The molecule has 154 valence electrons. The van der Waals surface area contributed by atoms with E-state index in [0.717, 1.165) is 36.2 Å². The molecule has 0 bridgehead atoms. The molecule has 1 unspecified atom stereocenters. The first-order valence-electron chi connectivity index (χ1n) is 9.85. The maximum Gasteiger partial charge on any atom is 0.410 e. The molecule has 1 fully saturated rings. The number of carbonyl (C=O) groups is 1. The molecule has 1 spiro atoms. The van der Waals surface area contributed by atoms with Crippen LogP contribution in [0.5, 0.6) is 0 Å². The second-order valence-corrected chi connectivity index (χ2v) is 11.6. The zero-order valence-electron chi connectivity index (χ0n) is 17.7. The highest BCUT2D eigenvalue weighted by Gasteiger charge is 2.49. The van der Waals surface area contributed by atoms with Crippen molar-refractivity contribution in [2.24, 2.45) is 9.81 Å². The molecule has 7 heteroatoms. The van der Waals surface area contributed by atoms with Gasteiger partial charge in [-0.2, -0.15) is 0 Å². The normalized spacial score (nSPS) is 21.7. The molecule has 6 nitrogen and oxygen atoms in total. The average Bonchev–Trinajstić information content (AvgIpc) is 2.86. The first-order chi connectivity index (χ1) is 12.9. The van der Waals surface area contributed by atoms with Crippen LogP contribution in [-0.4, -0.2) is 49.7 Å². The van der Waals surface area contributed by atoms with Crippen LogP contribution in [-0.2, 0) is 22.5 Å². The van der Waals surface area contributed by atoms with Gasteiger partial charge in [-0.1, -0.05) is 10.5 Å². The molecule has 0 aromatic carbocycles. The Balaban J connectivity index is 1.85. The highest BCUT2D eigenvalue weighted by molar-refractivity contribution is 7.91. The number of nitrogens with zero attached hydrogens (tertiary/aromatic N) is 3. The Morgan fingerprint density at radius 2 is 1.89 bits per heavy atom. The Bertz CT molecular complexity index is 772. The summed E-state index contributed by atoms with van der Waals surface area (Å²) in [6, 6.07) is 4.01. The van der Waals surface area contributed by atoms with Crippen molar-refractivity contribution in [3.8, 4) is 0 Å². The Morgan fingerprint density at radius 3 is 2.46 bits per heavy atom. The number of pyridine rings is 1. The van der Waals surface area contributed by atoms with Crippen molar-refractivity contribution in [3.05, 3.63) is 29.6 Å². The highest BCUT2D eigenvalue weighted by Crippen LogP contribution is 2.45. The number of likely N-dealkylation sites (tertiary alicyclic amines) is 1. The van der Waals surface area contributed by atoms with Crippen LogP contribution in [0, 0.1) is 5.41 Å². The Hall–Kier alpha value is -1.60. The van der Waals surface area contributed by atoms with Crippen LogP contribution in [0.3, 0.4) is 0 Å². The topological polar surface area (TPSA) is 77.8 Å². The lowest BCUT2D eigenvalue weighted by Gasteiger charge is -2.39. The Kier molecular flexibility index (Phi) is 5.53. The molecule has 0 saturated carbocycles. The quantitative estimate of drug-likeness (QED) is 0.664. The van der Waals surface area contributed by atoms with Crippen LogP contribution in [0.25, 0.3) is 0 Å². The fourth-order valence-electron chi connectivity index (χ4n) is 3.71. The van der Waals surface area contributed by atoms with E-state index in [1.54, 1.807) is 11.1 Å². The van der Waals surface area contributed by atoms with Gasteiger partial charge in [-0.3, -0.25) is 4.98 Å². The molecule has 1 atom stereocenters. The number of fused-ring (bicyclic) bond motifs is 1. The third kappa shape index (κ3) is 4.35. The van der Waals surface area contributed by atoms with Crippen LogP contribution in [0.15, 0.2) is 22.7 Å². The number of aromatic nitrogens is 1. The fraction of sp³-hybridized carbons (Fsp3) is 0.667. The minimum Gasteiger partial charge on any atom is -0.591 e. The molecule has 1 amide bonds. The first kappa shape index (κ1) is 21.1. The summed E-state index contributed by atoms with van der Waals surface area (Å²) in [6.45, 7) is 12.6. The summed E-state index contributed by atoms with van der Waals surface area (Å²) in [7, 11) is 0. The Morgan fingerprint density at radius 1 is 1.25 bits per heavy atom. The van der Waals surface area contributed by atoms with Crippen LogP contribution in [0.1, 0.15) is 65.6 Å². The summed E-state index contributed by atoms with van der Waals surface area (Å²) >= 11 is -1.35. The van der Waals surface area contributed by atoms with E-state index in [1.807, 2.05) is 47.6 Å². The largest absolute Gasteiger partial charge is 0.591 e. The van der Waals surface area contributed by atoms with Crippen molar-refractivity contribution in [3.63, 3.8) is 0 Å². The molecule has 2 aliphatic rings. The number of piperidine rings is 1. The third-order valence-electron chi connectivity index (χ3n) is 5.22. The maximum atomic E-state index is 12.8. The second-order valence-electron chi connectivity index (χ2n) is 9.74. The lowest BCUT2D eigenvalue weighted by atomic mass is 9.75. The molecule has 1 aliphatic carbocycles. The molecule has 0 N–H and O–H groups in total. The monoisotopic (exact) mass is 405 g/mol. The molecule has 1 aromatic heterocycles. The molecular weight excluding hydrogens is 374 g/mol. The van der Waals surface area contributed by atoms with Gasteiger partial charge in [0.15, 0.2) is 0 Å². The van der Waals surface area contributed by atoms with E-state index >= 15 is 0 Å². The van der Waals surface area contributed by atoms with Crippen molar-refractivity contribution >= 4 is 23.2 Å². The van der Waals surface area contributed by atoms with Gasteiger partial charge in [0.05, 0.1) is 5.69 Å². The van der Waals surface area contributed by atoms with Crippen LogP contribution < -0.4 is 0 Å². The molecule has 1 aliphatic heterocycles. The fourth-order valence-corrected chi connectivity index (χ4v) is 4.43. The van der Waals surface area contributed by atoms with E-state index in [4.69, 9.17) is 4.74 Å². The third-order valence-corrected chi connectivity index (χ3v) is 6.61. The van der Waals surface area contributed by atoms with Gasteiger partial charge in [0.2, 0.25) is 0 Å². The number of hydrogen-bond acceptors (Lipinski definition) is 5. The number of amides is 1. The summed E-state index contributed by atoms with van der Waals surface area (Å²) in [5.74, 6) is 0. The first-order valence-corrected chi connectivity index (χ1v) is 11.0. The molecule has 2 heterocycles. The number of hydrogen-bond donors (Lipinski definition) is 0. The molecule has 28 heavy (non-hydrogen) atoms. The summed E-state index contributed by atoms with van der Waals surface area (Å²) in [6.07, 6.45) is 3.86. The summed E-state index contributed by atoms with van der Waals surface area (Å²) in [5, 5.41) is 0. The predicted molar refractivity (Wildman–Crippen MR) is 112 cm³/mol. The minimum atomic E-state index is -1.35. The van der Waals surface area contributed by atoms with Crippen LogP contribution >= 0.6 is 0 Å². The van der Waals surface area contributed by atoms with Gasteiger partial charge in [0.25, 0.3) is 0 Å². The van der Waals surface area contributed by atoms with E-state index in [2.05, 4.69) is 15.4 Å².